The van der Waals surface area contributed by atoms with Crippen molar-refractivity contribution in [3.05, 3.63) is 30.1 Å². The Balaban J connectivity index is 2.70. The second-order valence-corrected chi connectivity index (χ2v) is 2.63. The van der Waals surface area contributed by atoms with Gasteiger partial charge in [0, 0.05) is 6.20 Å². The van der Waals surface area contributed by atoms with Crippen LogP contribution >= 0.6 is 0 Å². The Labute approximate surface area is 73.4 Å². The fraction of sp³-hybridized carbons (Fsp3) is 0. The van der Waals surface area contributed by atoms with E-state index in [0.29, 0.717) is 11.5 Å². The highest BCUT2D eigenvalue weighted by molar-refractivity contribution is 5.88. The molecule has 0 aromatic carbocycles. The van der Waals surface area contributed by atoms with Crippen molar-refractivity contribution in [3.8, 4) is 0 Å². The minimum atomic E-state index is -0.968. The van der Waals surface area contributed by atoms with Crippen molar-refractivity contribution in [2.45, 2.75) is 0 Å². The lowest BCUT2D eigenvalue weighted by Gasteiger charge is -1.97. The lowest BCUT2D eigenvalue weighted by Crippen LogP contribution is -1.98. The lowest BCUT2D eigenvalue weighted by atomic mass is 10.3. The first-order valence-corrected chi connectivity index (χ1v) is 3.64. The highest BCUT2D eigenvalue weighted by atomic mass is 16.4. The summed E-state index contributed by atoms with van der Waals surface area (Å²) in [6.45, 7) is 0. The monoisotopic (exact) mass is 177 g/mol. The third-order valence-corrected chi connectivity index (χ3v) is 1.79. The van der Waals surface area contributed by atoms with Crippen molar-refractivity contribution in [1.82, 2.24) is 9.38 Å². The second kappa shape index (κ2) is 2.48. The van der Waals surface area contributed by atoms with Crippen molar-refractivity contribution in [2.75, 3.05) is 5.73 Å². The Hall–Kier alpha value is -2.04. The molecule has 0 atom stereocenters. The number of nitrogens with zero attached hydrogens (tertiary/aromatic N) is 2. The van der Waals surface area contributed by atoms with Crippen molar-refractivity contribution < 1.29 is 9.90 Å². The maximum absolute atomic E-state index is 10.6. The van der Waals surface area contributed by atoms with Gasteiger partial charge in [0.15, 0.2) is 0 Å². The summed E-state index contributed by atoms with van der Waals surface area (Å²) < 4.78 is 1.62. The Morgan fingerprint density at radius 2 is 2.38 bits per heavy atom. The number of carbonyl (C=O) groups is 1. The Morgan fingerprint density at radius 3 is 3.08 bits per heavy atom. The number of aromatic nitrogens is 2. The van der Waals surface area contributed by atoms with Gasteiger partial charge >= 0.3 is 5.97 Å². The molecule has 0 bridgehead atoms. The van der Waals surface area contributed by atoms with E-state index in [1.165, 1.54) is 18.3 Å². The molecule has 66 valence electrons. The van der Waals surface area contributed by atoms with Gasteiger partial charge in [0.1, 0.15) is 11.5 Å². The molecule has 2 rings (SSSR count). The molecule has 5 nitrogen and oxygen atoms in total. The number of aromatic carboxylic acids is 1. The van der Waals surface area contributed by atoms with Crippen LogP contribution in [0.5, 0.6) is 0 Å². The second-order valence-electron chi connectivity index (χ2n) is 2.63. The highest BCUT2D eigenvalue weighted by Crippen LogP contribution is 2.10. The Kier molecular flexibility index (Phi) is 1.45. The maximum Gasteiger partial charge on any atom is 0.335 e. The molecule has 0 saturated heterocycles. The number of hydrogen-bond acceptors (Lipinski definition) is 3. The summed E-state index contributed by atoms with van der Waals surface area (Å²) in [7, 11) is 0. The molecule has 0 amide bonds. The molecule has 0 spiro atoms. The van der Waals surface area contributed by atoms with Gasteiger partial charge in [-0.05, 0) is 12.1 Å². The maximum atomic E-state index is 10.6. The number of imidazole rings is 1. The van der Waals surface area contributed by atoms with E-state index in [4.69, 9.17) is 10.8 Å². The first-order chi connectivity index (χ1) is 6.18. The van der Waals surface area contributed by atoms with Crippen LogP contribution in [0.25, 0.3) is 5.65 Å². The van der Waals surface area contributed by atoms with Gasteiger partial charge in [-0.15, -0.1) is 0 Å². The average Bonchev–Trinajstić information content (AvgIpc) is 2.47. The molecular formula is C8H7N3O2. The zero-order valence-corrected chi connectivity index (χ0v) is 6.64. The number of nitrogens with two attached hydrogens (primary N) is 1. The van der Waals surface area contributed by atoms with Crippen molar-refractivity contribution in [1.29, 1.82) is 0 Å². The normalized spacial score (nSPS) is 10.5. The zero-order chi connectivity index (χ0) is 9.42. The fourth-order valence-electron chi connectivity index (χ4n) is 1.13. The van der Waals surface area contributed by atoms with Gasteiger partial charge in [0.05, 0.1) is 11.8 Å². The SMILES string of the molecule is Nc1cnc2cc(C(=O)O)ccn12. The summed E-state index contributed by atoms with van der Waals surface area (Å²) in [5, 5.41) is 8.68. The number of carboxylic acid groups (broad SMARTS) is 1. The number of carboxylic acids is 1. The standard InChI is InChI=1S/C8H7N3O2/c9-6-4-10-7-3-5(8(12)13)1-2-11(6)7/h1-4H,9H2,(H,12,13). The zero-order valence-electron chi connectivity index (χ0n) is 6.64. The molecule has 0 aliphatic rings. The first kappa shape index (κ1) is 7.60. The van der Waals surface area contributed by atoms with E-state index >= 15 is 0 Å². The Bertz CT molecular complexity index is 475. The van der Waals surface area contributed by atoms with E-state index in [9.17, 15) is 4.79 Å². The van der Waals surface area contributed by atoms with Gasteiger partial charge in [0.2, 0.25) is 0 Å². The first-order valence-electron chi connectivity index (χ1n) is 3.64. The van der Waals surface area contributed by atoms with Crippen LogP contribution in [0, 0.1) is 0 Å². The number of fused-ring (bicyclic) bond motifs is 1. The predicted molar refractivity (Wildman–Crippen MR) is 46.6 cm³/mol. The van der Waals surface area contributed by atoms with Crippen LogP contribution in [0.1, 0.15) is 10.4 Å². The third-order valence-electron chi connectivity index (χ3n) is 1.79. The molecule has 0 aliphatic heterocycles. The predicted octanol–water partition coefficient (Wildman–Crippen LogP) is 0.615. The summed E-state index contributed by atoms with van der Waals surface area (Å²) in [5.41, 5.74) is 6.30. The Morgan fingerprint density at radius 1 is 1.62 bits per heavy atom. The number of hydrogen-bond donors (Lipinski definition) is 2. The van der Waals surface area contributed by atoms with E-state index in [1.807, 2.05) is 0 Å². The smallest absolute Gasteiger partial charge is 0.335 e. The van der Waals surface area contributed by atoms with Gasteiger partial charge in [-0.3, -0.25) is 4.40 Å². The molecule has 0 radical (unpaired) electrons. The number of nitrogen functional groups attached to an aromatic ring is 1. The molecule has 13 heavy (non-hydrogen) atoms. The van der Waals surface area contributed by atoms with Crippen molar-refractivity contribution in [2.24, 2.45) is 0 Å². The molecule has 2 aromatic heterocycles. The fourth-order valence-corrected chi connectivity index (χ4v) is 1.13. The minimum Gasteiger partial charge on any atom is -0.478 e. The molecule has 2 heterocycles. The number of pyridine rings is 1. The summed E-state index contributed by atoms with van der Waals surface area (Å²) in [6, 6.07) is 2.95. The van der Waals surface area contributed by atoms with Gasteiger partial charge < -0.3 is 10.8 Å². The number of rotatable bonds is 1. The van der Waals surface area contributed by atoms with Crippen LogP contribution in [0.3, 0.4) is 0 Å². The van der Waals surface area contributed by atoms with Gasteiger partial charge in [0.25, 0.3) is 0 Å². The van der Waals surface area contributed by atoms with Gasteiger partial charge in [-0.1, -0.05) is 0 Å². The van der Waals surface area contributed by atoms with E-state index in [-0.39, 0.29) is 5.56 Å². The van der Waals surface area contributed by atoms with Crippen LogP contribution in [0.4, 0.5) is 5.82 Å². The molecular weight excluding hydrogens is 170 g/mol. The third kappa shape index (κ3) is 1.10. The minimum absolute atomic E-state index is 0.207. The van der Waals surface area contributed by atoms with Gasteiger partial charge in [-0.2, -0.15) is 0 Å². The quantitative estimate of drug-likeness (QED) is 0.668. The molecule has 3 N–H and O–H groups in total. The summed E-state index contributed by atoms with van der Waals surface area (Å²) in [5.74, 6) is -0.476. The summed E-state index contributed by atoms with van der Waals surface area (Å²) in [4.78, 5) is 14.5. The molecule has 0 aliphatic carbocycles. The van der Waals surface area contributed by atoms with Gasteiger partial charge in [-0.25, -0.2) is 9.78 Å². The largest absolute Gasteiger partial charge is 0.478 e. The molecule has 2 aromatic rings. The molecule has 0 fully saturated rings. The van der Waals surface area contributed by atoms with E-state index < -0.39 is 5.97 Å². The number of anilines is 1. The summed E-state index contributed by atoms with van der Waals surface area (Å²) >= 11 is 0. The van der Waals surface area contributed by atoms with Crippen molar-refractivity contribution >= 4 is 17.4 Å². The van der Waals surface area contributed by atoms with Crippen LogP contribution in [-0.2, 0) is 0 Å². The van der Waals surface area contributed by atoms with Crippen LogP contribution < -0.4 is 5.73 Å². The van der Waals surface area contributed by atoms with Crippen LogP contribution in [0.15, 0.2) is 24.5 Å². The molecule has 0 saturated carbocycles. The van der Waals surface area contributed by atoms with E-state index in [0.717, 1.165) is 0 Å². The highest BCUT2D eigenvalue weighted by Gasteiger charge is 2.05. The molecule has 0 unspecified atom stereocenters. The molecule has 5 heteroatoms. The van der Waals surface area contributed by atoms with Crippen molar-refractivity contribution in [3.63, 3.8) is 0 Å². The lowest BCUT2D eigenvalue weighted by molar-refractivity contribution is 0.0697. The van der Waals surface area contributed by atoms with Crippen LogP contribution in [0.2, 0.25) is 0 Å². The average molecular weight is 177 g/mol. The van der Waals surface area contributed by atoms with E-state index in [2.05, 4.69) is 4.98 Å². The van der Waals surface area contributed by atoms with E-state index in [1.54, 1.807) is 10.6 Å². The van der Waals surface area contributed by atoms with Crippen LogP contribution in [-0.4, -0.2) is 20.5 Å². The topological polar surface area (TPSA) is 80.6 Å². The summed E-state index contributed by atoms with van der Waals surface area (Å²) in [6.07, 6.45) is 3.07.